The quantitative estimate of drug-likeness (QED) is 0.899. The van der Waals surface area contributed by atoms with E-state index in [2.05, 4.69) is 10.0 Å². The van der Waals surface area contributed by atoms with Crippen LogP contribution >= 0.6 is 11.6 Å². The Bertz CT molecular complexity index is 606. The van der Waals surface area contributed by atoms with Gasteiger partial charge >= 0.3 is 0 Å². The molecule has 1 aromatic carbocycles. The predicted molar refractivity (Wildman–Crippen MR) is 79.5 cm³/mol. The van der Waals surface area contributed by atoms with E-state index in [9.17, 15) is 8.42 Å². The molecule has 0 aliphatic carbocycles. The molecule has 0 spiro atoms. The predicted octanol–water partition coefficient (Wildman–Crippen LogP) is 2.21. The fourth-order valence-corrected chi connectivity index (χ4v) is 5.07. The zero-order valence-electron chi connectivity index (χ0n) is 11.4. The van der Waals surface area contributed by atoms with Gasteiger partial charge in [0, 0.05) is 23.1 Å². The van der Waals surface area contributed by atoms with Crippen molar-refractivity contribution in [3.8, 4) is 0 Å². The van der Waals surface area contributed by atoms with Crippen LogP contribution in [0.2, 0.25) is 5.02 Å². The van der Waals surface area contributed by atoms with Crippen molar-refractivity contribution in [2.45, 2.75) is 55.6 Å². The van der Waals surface area contributed by atoms with Gasteiger partial charge in [0.25, 0.3) is 0 Å². The fourth-order valence-electron chi connectivity index (χ4n) is 3.30. The number of fused-ring (bicyclic) bond motifs is 2. The minimum atomic E-state index is -3.49. The molecule has 0 radical (unpaired) electrons. The van der Waals surface area contributed by atoms with Gasteiger partial charge in [-0.3, -0.25) is 0 Å². The number of piperidine rings is 1. The summed E-state index contributed by atoms with van der Waals surface area (Å²) in [7, 11) is -3.49. The molecule has 0 aromatic heterocycles. The van der Waals surface area contributed by atoms with Crippen molar-refractivity contribution in [3.05, 3.63) is 28.8 Å². The van der Waals surface area contributed by atoms with Crippen LogP contribution in [0.15, 0.2) is 23.1 Å². The highest BCUT2D eigenvalue weighted by Crippen LogP contribution is 2.28. The van der Waals surface area contributed by atoms with Gasteiger partial charge in [-0.05, 0) is 50.3 Å². The molecule has 20 heavy (non-hydrogen) atoms. The van der Waals surface area contributed by atoms with E-state index < -0.39 is 10.0 Å². The number of nitrogens with one attached hydrogen (secondary N) is 2. The van der Waals surface area contributed by atoms with Crippen LogP contribution < -0.4 is 10.0 Å². The molecule has 2 unspecified atom stereocenters. The second-order valence-electron chi connectivity index (χ2n) is 5.84. The maximum atomic E-state index is 12.5. The lowest BCUT2D eigenvalue weighted by molar-refractivity contribution is 0.345. The van der Waals surface area contributed by atoms with E-state index in [-0.39, 0.29) is 10.9 Å². The van der Waals surface area contributed by atoms with Crippen molar-refractivity contribution in [3.63, 3.8) is 0 Å². The first-order valence-electron chi connectivity index (χ1n) is 6.98. The van der Waals surface area contributed by atoms with E-state index in [1.54, 1.807) is 19.1 Å². The second kappa shape index (κ2) is 5.30. The van der Waals surface area contributed by atoms with E-state index in [0.717, 1.165) is 31.2 Å². The smallest absolute Gasteiger partial charge is 0.241 e. The largest absolute Gasteiger partial charge is 0.311 e. The zero-order valence-corrected chi connectivity index (χ0v) is 13.0. The molecule has 2 atom stereocenters. The third kappa shape index (κ3) is 2.86. The highest BCUT2D eigenvalue weighted by molar-refractivity contribution is 7.89. The number of halogens is 1. The Morgan fingerprint density at radius 2 is 1.90 bits per heavy atom. The van der Waals surface area contributed by atoms with Gasteiger partial charge in [0.2, 0.25) is 10.0 Å². The van der Waals surface area contributed by atoms with Gasteiger partial charge < -0.3 is 5.32 Å². The number of hydrogen-bond acceptors (Lipinski definition) is 3. The van der Waals surface area contributed by atoms with E-state index in [1.165, 1.54) is 6.07 Å². The highest BCUT2D eigenvalue weighted by atomic mass is 35.5. The second-order valence-corrected chi connectivity index (χ2v) is 7.96. The molecule has 0 amide bonds. The average molecular weight is 315 g/mol. The van der Waals surface area contributed by atoms with Crippen LogP contribution in [0.5, 0.6) is 0 Å². The maximum Gasteiger partial charge on any atom is 0.241 e. The van der Waals surface area contributed by atoms with Crippen LogP contribution in [0.4, 0.5) is 0 Å². The number of aryl methyl sites for hydroxylation is 1. The van der Waals surface area contributed by atoms with Crippen LogP contribution in [0.1, 0.15) is 31.2 Å². The molecule has 1 aromatic rings. The summed E-state index contributed by atoms with van der Waals surface area (Å²) in [4.78, 5) is 0.288. The van der Waals surface area contributed by atoms with Crippen LogP contribution in [0, 0.1) is 6.92 Å². The first-order chi connectivity index (χ1) is 9.44. The normalized spacial score (nSPS) is 29.6. The lowest BCUT2D eigenvalue weighted by Crippen LogP contribution is -2.48. The Morgan fingerprint density at radius 1 is 1.25 bits per heavy atom. The van der Waals surface area contributed by atoms with E-state index in [4.69, 9.17) is 11.6 Å². The van der Waals surface area contributed by atoms with Gasteiger partial charge in [-0.25, -0.2) is 13.1 Å². The lowest BCUT2D eigenvalue weighted by atomic mass is 10.0. The molecule has 2 fully saturated rings. The molecule has 2 aliphatic heterocycles. The Balaban J connectivity index is 1.80. The van der Waals surface area contributed by atoms with E-state index >= 15 is 0 Å². The van der Waals surface area contributed by atoms with Crippen molar-refractivity contribution in [1.82, 2.24) is 10.0 Å². The van der Waals surface area contributed by atoms with E-state index in [1.807, 2.05) is 0 Å². The molecule has 0 saturated carbocycles. The summed E-state index contributed by atoms with van der Waals surface area (Å²) in [6, 6.07) is 5.92. The van der Waals surface area contributed by atoms with E-state index in [0.29, 0.717) is 17.1 Å². The Labute approximate surface area is 125 Å². The first kappa shape index (κ1) is 14.3. The monoisotopic (exact) mass is 314 g/mol. The number of rotatable bonds is 3. The van der Waals surface area contributed by atoms with Gasteiger partial charge in [-0.2, -0.15) is 0 Å². The molecule has 3 rings (SSSR count). The average Bonchev–Trinajstić information content (AvgIpc) is 2.71. The summed E-state index contributed by atoms with van der Waals surface area (Å²) in [5.41, 5.74) is 0.721. The third-order valence-corrected chi connectivity index (χ3v) is 6.13. The van der Waals surface area contributed by atoms with Gasteiger partial charge in [-0.15, -0.1) is 0 Å². The SMILES string of the molecule is Cc1ccc(Cl)cc1S(=O)(=O)NC1CC2CCC(C1)N2. The maximum absolute atomic E-state index is 12.5. The van der Waals surface area contributed by atoms with Gasteiger partial charge in [-0.1, -0.05) is 17.7 Å². The Kier molecular flexibility index (Phi) is 3.79. The third-order valence-electron chi connectivity index (χ3n) is 4.23. The van der Waals surface area contributed by atoms with Gasteiger partial charge in [0.1, 0.15) is 0 Å². The summed E-state index contributed by atoms with van der Waals surface area (Å²) in [6.07, 6.45) is 4.04. The topological polar surface area (TPSA) is 58.2 Å². The Morgan fingerprint density at radius 3 is 2.55 bits per heavy atom. The zero-order chi connectivity index (χ0) is 14.3. The van der Waals surface area contributed by atoms with Crippen LogP contribution in [0.3, 0.4) is 0 Å². The van der Waals surface area contributed by atoms with Crippen molar-refractivity contribution in [2.24, 2.45) is 0 Å². The summed E-state index contributed by atoms with van der Waals surface area (Å²) < 4.78 is 27.9. The molecular formula is C14H19ClN2O2S. The summed E-state index contributed by atoms with van der Waals surface area (Å²) in [5, 5.41) is 3.96. The molecule has 6 heteroatoms. The highest BCUT2D eigenvalue weighted by Gasteiger charge is 2.35. The molecule has 2 heterocycles. The molecule has 2 bridgehead atoms. The van der Waals surface area contributed by atoms with Gasteiger partial charge in [0.05, 0.1) is 4.90 Å². The molecule has 2 aliphatic rings. The number of benzene rings is 1. The van der Waals surface area contributed by atoms with Gasteiger partial charge in [0.15, 0.2) is 0 Å². The molecule has 4 nitrogen and oxygen atoms in total. The summed E-state index contributed by atoms with van der Waals surface area (Å²) >= 11 is 5.92. The standard InChI is InChI=1S/C14H19ClN2O2S/c1-9-2-3-10(15)6-14(9)20(18,19)17-13-7-11-4-5-12(8-13)16-11/h2-3,6,11-13,16-17H,4-5,7-8H2,1H3. The Hall–Kier alpha value is -0.620. The number of sulfonamides is 1. The minimum Gasteiger partial charge on any atom is -0.311 e. The lowest BCUT2D eigenvalue weighted by Gasteiger charge is -2.29. The van der Waals surface area contributed by atoms with Crippen molar-refractivity contribution < 1.29 is 8.42 Å². The summed E-state index contributed by atoms with van der Waals surface area (Å²) in [5.74, 6) is 0. The van der Waals surface area contributed by atoms with Crippen LogP contribution in [-0.2, 0) is 10.0 Å². The van der Waals surface area contributed by atoms with Crippen molar-refractivity contribution in [2.75, 3.05) is 0 Å². The molecule has 2 N–H and O–H groups in total. The summed E-state index contributed by atoms with van der Waals surface area (Å²) in [6.45, 7) is 1.79. The number of hydrogen-bond donors (Lipinski definition) is 2. The first-order valence-corrected chi connectivity index (χ1v) is 8.85. The molecule has 2 saturated heterocycles. The fraction of sp³-hybridized carbons (Fsp3) is 0.571. The van der Waals surface area contributed by atoms with Crippen LogP contribution in [-0.4, -0.2) is 26.5 Å². The minimum absolute atomic E-state index is 0.0251. The van der Waals surface area contributed by atoms with Crippen molar-refractivity contribution >= 4 is 21.6 Å². The van der Waals surface area contributed by atoms with Crippen molar-refractivity contribution in [1.29, 1.82) is 0 Å². The molecule has 110 valence electrons. The molecular weight excluding hydrogens is 296 g/mol. The van der Waals surface area contributed by atoms with Crippen LogP contribution in [0.25, 0.3) is 0 Å².